The Balaban J connectivity index is 1.92. The number of nitriles is 1. The molecule has 0 spiro atoms. The van der Waals surface area contributed by atoms with Crippen molar-refractivity contribution in [2.45, 2.75) is 32.0 Å². The summed E-state index contributed by atoms with van der Waals surface area (Å²) in [6, 6.07) is 18.8. The molecule has 0 aromatic heterocycles. The summed E-state index contributed by atoms with van der Waals surface area (Å²) < 4.78 is 11.9. The zero-order valence-electron chi connectivity index (χ0n) is 19.7. The van der Waals surface area contributed by atoms with Crippen LogP contribution >= 0.6 is 0 Å². The first-order chi connectivity index (χ1) is 17.5. The van der Waals surface area contributed by atoms with Crippen molar-refractivity contribution < 1.29 is 29.4 Å². The van der Waals surface area contributed by atoms with Gasteiger partial charge in [0.1, 0.15) is 5.75 Å². The van der Waals surface area contributed by atoms with Crippen molar-refractivity contribution in [1.82, 2.24) is 5.48 Å². The summed E-state index contributed by atoms with van der Waals surface area (Å²) in [6.45, 7) is 2.17. The van der Waals surface area contributed by atoms with Gasteiger partial charge < -0.3 is 14.6 Å². The predicted octanol–water partition coefficient (Wildman–Crippen LogP) is 4.95. The van der Waals surface area contributed by atoms with Gasteiger partial charge in [-0.3, -0.25) is 15.3 Å². The van der Waals surface area contributed by atoms with Crippen LogP contribution in [0, 0.1) is 11.3 Å². The van der Waals surface area contributed by atoms with Crippen LogP contribution in [-0.4, -0.2) is 35.0 Å². The molecule has 3 aromatic rings. The topological polar surface area (TPSA) is 141 Å². The summed E-state index contributed by atoms with van der Waals surface area (Å²) >= 11 is 0. The third-order valence-electron chi connectivity index (χ3n) is 5.45. The number of carbonyl (C=O) groups is 2. The Morgan fingerprint density at radius 2 is 1.81 bits per heavy atom. The molecule has 0 heterocycles. The van der Waals surface area contributed by atoms with E-state index in [9.17, 15) is 14.7 Å². The first-order valence-electron chi connectivity index (χ1n) is 11.4. The van der Waals surface area contributed by atoms with Gasteiger partial charge >= 0.3 is 6.09 Å². The summed E-state index contributed by atoms with van der Waals surface area (Å²) in [5, 5.41) is 32.0. The molecule has 2 atom stereocenters. The third-order valence-corrected chi connectivity index (χ3v) is 5.45. The maximum Gasteiger partial charge on any atom is 0.412 e. The molecule has 0 radical (unpaired) electrons. The van der Waals surface area contributed by atoms with Gasteiger partial charge in [-0.2, -0.15) is 5.26 Å². The van der Waals surface area contributed by atoms with E-state index in [1.807, 2.05) is 25.1 Å². The van der Waals surface area contributed by atoms with Crippen molar-refractivity contribution in [3.8, 4) is 11.8 Å². The van der Waals surface area contributed by atoms with E-state index in [1.54, 1.807) is 54.6 Å². The Morgan fingerprint density at radius 3 is 2.47 bits per heavy atom. The molecule has 9 heteroatoms. The van der Waals surface area contributed by atoms with Crippen LogP contribution in [0.5, 0.6) is 5.75 Å². The second-order valence-corrected chi connectivity index (χ2v) is 7.81. The lowest BCUT2D eigenvalue weighted by Crippen LogP contribution is -2.29. The fourth-order valence-electron chi connectivity index (χ4n) is 3.81. The van der Waals surface area contributed by atoms with Crippen molar-refractivity contribution in [3.05, 3.63) is 83.9 Å². The Kier molecular flexibility index (Phi) is 9.40. The highest BCUT2D eigenvalue weighted by Gasteiger charge is 2.29. The van der Waals surface area contributed by atoms with Crippen LogP contribution in [0.4, 0.5) is 10.5 Å². The van der Waals surface area contributed by atoms with E-state index >= 15 is 0 Å². The number of nitrogens with one attached hydrogen (secondary N) is 2. The smallest absolute Gasteiger partial charge is 0.412 e. The average Bonchev–Trinajstić information content (AvgIpc) is 2.90. The van der Waals surface area contributed by atoms with Crippen LogP contribution < -0.4 is 10.8 Å². The van der Waals surface area contributed by atoms with Gasteiger partial charge in [-0.05, 0) is 55.5 Å². The van der Waals surface area contributed by atoms with E-state index in [-0.39, 0.29) is 5.75 Å². The summed E-state index contributed by atoms with van der Waals surface area (Å²) in [7, 11) is 0. The van der Waals surface area contributed by atoms with E-state index < -0.39 is 24.2 Å². The highest BCUT2D eigenvalue weighted by molar-refractivity contribution is 5.91. The monoisotopic (exact) mass is 489 g/mol. The SMILES string of the molecule is CCO[C@H](CC/C=C/C(=O)NO)[C@H](OC(=O)Nc1ccc(C#N)cc1)c1ccc(O)c2ccccc12. The summed E-state index contributed by atoms with van der Waals surface area (Å²) in [5.41, 5.74) is 3.10. The van der Waals surface area contributed by atoms with E-state index in [1.165, 1.54) is 11.6 Å². The number of ether oxygens (including phenoxy) is 2. The van der Waals surface area contributed by atoms with Gasteiger partial charge in [0.25, 0.3) is 5.91 Å². The van der Waals surface area contributed by atoms with Crippen molar-refractivity contribution in [2.75, 3.05) is 11.9 Å². The molecule has 36 heavy (non-hydrogen) atoms. The molecule has 0 aliphatic rings. The van der Waals surface area contributed by atoms with Gasteiger partial charge in [0.2, 0.25) is 0 Å². The number of rotatable bonds is 10. The molecule has 3 aromatic carbocycles. The molecule has 3 rings (SSSR count). The van der Waals surface area contributed by atoms with Crippen LogP contribution in [0.1, 0.15) is 37.0 Å². The lowest BCUT2D eigenvalue weighted by atomic mass is 9.94. The van der Waals surface area contributed by atoms with Crippen molar-refractivity contribution in [1.29, 1.82) is 5.26 Å². The zero-order valence-corrected chi connectivity index (χ0v) is 19.7. The van der Waals surface area contributed by atoms with Crippen LogP contribution in [0.25, 0.3) is 10.8 Å². The number of hydroxylamine groups is 1. The minimum Gasteiger partial charge on any atom is -0.507 e. The van der Waals surface area contributed by atoms with Gasteiger partial charge in [0, 0.05) is 29.3 Å². The fourth-order valence-corrected chi connectivity index (χ4v) is 3.81. The maximum atomic E-state index is 12.9. The summed E-state index contributed by atoms with van der Waals surface area (Å²) in [6.07, 6.45) is 1.43. The molecule has 0 aliphatic carbocycles. The van der Waals surface area contributed by atoms with Crippen molar-refractivity contribution in [3.63, 3.8) is 0 Å². The average molecular weight is 490 g/mol. The maximum absolute atomic E-state index is 12.9. The Bertz CT molecular complexity index is 1270. The number of aromatic hydroxyl groups is 1. The Labute approximate surface area is 208 Å². The van der Waals surface area contributed by atoms with E-state index in [0.29, 0.717) is 47.0 Å². The lowest BCUT2D eigenvalue weighted by molar-refractivity contribution is -0.124. The van der Waals surface area contributed by atoms with E-state index in [0.717, 1.165) is 0 Å². The fraction of sp³-hybridized carbons (Fsp3) is 0.222. The normalized spacial score (nSPS) is 12.6. The molecule has 0 aliphatic heterocycles. The number of benzene rings is 3. The number of anilines is 1. The quantitative estimate of drug-likeness (QED) is 0.179. The molecule has 186 valence electrons. The van der Waals surface area contributed by atoms with Crippen LogP contribution in [0.2, 0.25) is 0 Å². The first kappa shape index (κ1) is 26.2. The zero-order chi connectivity index (χ0) is 25.9. The first-order valence-corrected chi connectivity index (χ1v) is 11.4. The second-order valence-electron chi connectivity index (χ2n) is 7.81. The number of hydrogen-bond donors (Lipinski definition) is 4. The van der Waals surface area contributed by atoms with Gasteiger partial charge in [0.05, 0.1) is 17.7 Å². The molecule has 0 bridgehead atoms. The van der Waals surface area contributed by atoms with Gasteiger partial charge in [0.15, 0.2) is 6.10 Å². The number of phenols is 1. The Morgan fingerprint density at radius 1 is 1.08 bits per heavy atom. The minimum atomic E-state index is -0.853. The molecule has 4 N–H and O–H groups in total. The standard InChI is InChI=1S/C27H27N3O6/c1-2-35-24(9-5-6-10-25(32)30-34)26(22-15-16-23(31)21-8-4-3-7-20(21)22)36-27(33)29-19-13-11-18(17-28)12-14-19/h3-4,6-8,10-16,24,26,31,34H,2,5,9H2,1H3,(H,29,33)(H,30,32)/b10-6+/t24-,26-/m1/s1. The second kappa shape index (κ2) is 12.9. The van der Waals surface area contributed by atoms with Crippen molar-refractivity contribution >= 4 is 28.5 Å². The Hall–Kier alpha value is -4.39. The molecule has 0 saturated heterocycles. The number of carbonyl (C=O) groups excluding carboxylic acids is 2. The van der Waals surface area contributed by atoms with Crippen LogP contribution in [0.15, 0.2) is 72.8 Å². The van der Waals surface area contributed by atoms with Crippen molar-refractivity contribution in [2.24, 2.45) is 0 Å². The number of nitrogens with zero attached hydrogens (tertiary/aromatic N) is 1. The lowest BCUT2D eigenvalue weighted by Gasteiger charge is -2.28. The van der Waals surface area contributed by atoms with Crippen LogP contribution in [0.3, 0.4) is 0 Å². The number of hydrogen-bond acceptors (Lipinski definition) is 7. The molecule has 0 fully saturated rings. The summed E-state index contributed by atoms with van der Waals surface area (Å²) in [5.74, 6) is -0.553. The number of fused-ring (bicyclic) bond motifs is 1. The molecule has 9 nitrogen and oxygen atoms in total. The van der Waals surface area contributed by atoms with Gasteiger partial charge in [-0.1, -0.05) is 36.4 Å². The molecule has 0 unspecified atom stereocenters. The van der Waals surface area contributed by atoms with Crippen LogP contribution in [-0.2, 0) is 14.3 Å². The van der Waals surface area contributed by atoms with Gasteiger partial charge in [-0.15, -0.1) is 0 Å². The predicted molar refractivity (Wildman–Crippen MR) is 133 cm³/mol. The minimum absolute atomic E-state index is 0.0982. The number of phenolic OH excluding ortho intramolecular Hbond substituents is 1. The number of allylic oxidation sites excluding steroid dienone is 1. The third kappa shape index (κ3) is 6.82. The molecular formula is C27H27N3O6. The van der Waals surface area contributed by atoms with E-state index in [4.69, 9.17) is 19.9 Å². The molecule has 0 saturated carbocycles. The van der Waals surface area contributed by atoms with E-state index in [2.05, 4.69) is 5.32 Å². The molecular weight excluding hydrogens is 462 g/mol. The largest absolute Gasteiger partial charge is 0.507 e. The molecule has 2 amide bonds. The number of amides is 2. The van der Waals surface area contributed by atoms with Gasteiger partial charge in [-0.25, -0.2) is 10.3 Å². The summed E-state index contributed by atoms with van der Waals surface area (Å²) in [4.78, 5) is 24.2. The highest BCUT2D eigenvalue weighted by Crippen LogP contribution is 2.36. The highest BCUT2D eigenvalue weighted by atomic mass is 16.6.